The third-order valence-corrected chi connectivity index (χ3v) is 4.24. The van der Waals surface area contributed by atoms with Crippen LogP contribution in [0.2, 0.25) is 0 Å². The summed E-state index contributed by atoms with van der Waals surface area (Å²) in [6, 6.07) is 11.2. The van der Waals surface area contributed by atoms with Gasteiger partial charge in [-0.25, -0.2) is 4.98 Å². The Kier molecular flexibility index (Phi) is 4.31. The zero-order valence-electron chi connectivity index (χ0n) is 13.5. The average Bonchev–Trinajstić information content (AvgIpc) is 2.90. The second-order valence-electron chi connectivity index (χ2n) is 5.79. The Labute approximate surface area is 145 Å². The molecule has 3 aromatic rings. The summed E-state index contributed by atoms with van der Waals surface area (Å²) < 4.78 is 1.85. The summed E-state index contributed by atoms with van der Waals surface area (Å²) in [5, 5.41) is 2.87. The normalized spacial score (nSPS) is 10.8. The van der Waals surface area contributed by atoms with Crippen LogP contribution in [0.15, 0.2) is 42.7 Å². The van der Waals surface area contributed by atoms with Crippen LogP contribution in [0.25, 0.3) is 11.0 Å². The van der Waals surface area contributed by atoms with Crippen LogP contribution in [0.5, 0.6) is 0 Å². The van der Waals surface area contributed by atoms with Gasteiger partial charge in [-0.05, 0) is 61.4 Å². The Hall–Kier alpha value is -2.73. The van der Waals surface area contributed by atoms with Crippen molar-refractivity contribution in [3.63, 3.8) is 0 Å². The van der Waals surface area contributed by atoms with E-state index in [0.29, 0.717) is 10.7 Å². The fourth-order valence-corrected chi connectivity index (χ4v) is 2.65. The number of benzene rings is 2. The molecule has 0 spiro atoms. The van der Waals surface area contributed by atoms with Crippen molar-refractivity contribution in [3.05, 3.63) is 59.4 Å². The molecule has 1 amide bonds. The van der Waals surface area contributed by atoms with Crippen LogP contribution in [0.3, 0.4) is 0 Å². The van der Waals surface area contributed by atoms with Gasteiger partial charge in [0, 0.05) is 11.3 Å². The number of nitrogens with two attached hydrogens (primary N) is 1. The molecule has 0 aliphatic heterocycles. The van der Waals surface area contributed by atoms with Gasteiger partial charge in [-0.15, -0.1) is 0 Å². The second-order valence-corrected chi connectivity index (χ2v) is 6.23. The lowest BCUT2D eigenvalue weighted by atomic mass is 10.1. The molecule has 0 fully saturated rings. The van der Waals surface area contributed by atoms with Crippen molar-refractivity contribution in [1.29, 1.82) is 0 Å². The van der Waals surface area contributed by atoms with Gasteiger partial charge in [-0.2, -0.15) is 0 Å². The third kappa shape index (κ3) is 3.28. The zero-order valence-corrected chi connectivity index (χ0v) is 14.4. The second kappa shape index (κ2) is 6.41. The Balaban J connectivity index is 1.75. The molecular formula is C18H18N4OS. The number of amides is 1. The number of rotatable bonds is 4. The number of anilines is 1. The van der Waals surface area contributed by atoms with E-state index in [1.165, 1.54) is 11.1 Å². The van der Waals surface area contributed by atoms with E-state index in [4.69, 9.17) is 18.0 Å². The van der Waals surface area contributed by atoms with Crippen molar-refractivity contribution in [2.75, 3.05) is 5.32 Å². The highest BCUT2D eigenvalue weighted by atomic mass is 32.1. The molecule has 0 radical (unpaired) electrons. The summed E-state index contributed by atoms with van der Waals surface area (Å²) in [6.45, 7) is 4.31. The summed E-state index contributed by atoms with van der Waals surface area (Å²) in [6.07, 6.45) is 1.69. The van der Waals surface area contributed by atoms with Gasteiger partial charge in [0.25, 0.3) is 0 Å². The zero-order chi connectivity index (χ0) is 17.3. The van der Waals surface area contributed by atoms with E-state index in [2.05, 4.69) is 30.2 Å². The lowest BCUT2D eigenvalue weighted by molar-refractivity contribution is -0.116. The van der Waals surface area contributed by atoms with Crippen molar-refractivity contribution >= 4 is 39.8 Å². The van der Waals surface area contributed by atoms with Crippen LogP contribution in [-0.4, -0.2) is 20.4 Å². The number of carbonyl (C=O) groups is 1. The van der Waals surface area contributed by atoms with Crippen molar-refractivity contribution in [2.24, 2.45) is 5.73 Å². The Morgan fingerprint density at radius 2 is 1.88 bits per heavy atom. The van der Waals surface area contributed by atoms with Crippen LogP contribution in [0.4, 0.5) is 5.69 Å². The number of aryl methyl sites for hydroxylation is 2. The minimum Gasteiger partial charge on any atom is -0.389 e. The van der Waals surface area contributed by atoms with Gasteiger partial charge in [-0.1, -0.05) is 12.2 Å². The number of imidazole rings is 1. The molecule has 0 saturated heterocycles. The molecular weight excluding hydrogens is 320 g/mol. The highest BCUT2D eigenvalue weighted by Crippen LogP contribution is 2.18. The van der Waals surface area contributed by atoms with Gasteiger partial charge in [0.15, 0.2) is 0 Å². The predicted octanol–water partition coefficient (Wildman–Crippen LogP) is 2.93. The smallest absolute Gasteiger partial charge is 0.244 e. The quantitative estimate of drug-likeness (QED) is 0.718. The van der Waals surface area contributed by atoms with Gasteiger partial charge >= 0.3 is 0 Å². The maximum atomic E-state index is 12.3. The largest absolute Gasteiger partial charge is 0.389 e. The molecule has 0 atom stereocenters. The first kappa shape index (κ1) is 16.1. The molecule has 3 rings (SSSR count). The van der Waals surface area contributed by atoms with Crippen molar-refractivity contribution in [1.82, 2.24) is 9.55 Å². The molecule has 0 saturated carbocycles. The maximum Gasteiger partial charge on any atom is 0.244 e. The molecule has 1 heterocycles. The number of hydrogen-bond donors (Lipinski definition) is 2. The molecule has 0 aliphatic carbocycles. The molecule has 0 bridgehead atoms. The lowest BCUT2D eigenvalue weighted by Crippen LogP contribution is -2.18. The molecule has 5 nitrogen and oxygen atoms in total. The first-order valence-electron chi connectivity index (χ1n) is 7.56. The minimum atomic E-state index is -0.115. The topological polar surface area (TPSA) is 72.9 Å². The summed E-state index contributed by atoms with van der Waals surface area (Å²) in [4.78, 5) is 17.0. The highest BCUT2D eigenvalue weighted by molar-refractivity contribution is 7.80. The summed E-state index contributed by atoms with van der Waals surface area (Å²) >= 11 is 4.91. The number of fused-ring (bicyclic) bond motifs is 1. The van der Waals surface area contributed by atoms with E-state index in [1.54, 1.807) is 30.6 Å². The predicted molar refractivity (Wildman–Crippen MR) is 100 cm³/mol. The average molecular weight is 338 g/mol. The summed E-state index contributed by atoms with van der Waals surface area (Å²) in [7, 11) is 0. The molecule has 122 valence electrons. The molecule has 6 heteroatoms. The van der Waals surface area contributed by atoms with Crippen LogP contribution in [0, 0.1) is 13.8 Å². The number of thiocarbonyl (C=S) groups is 1. The van der Waals surface area contributed by atoms with Crippen LogP contribution < -0.4 is 11.1 Å². The van der Waals surface area contributed by atoms with E-state index in [9.17, 15) is 4.79 Å². The van der Waals surface area contributed by atoms with Gasteiger partial charge in [-0.3, -0.25) is 4.79 Å². The van der Waals surface area contributed by atoms with Crippen molar-refractivity contribution < 1.29 is 4.79 Å². The molecule has 3 N–H and O–H groups in total. The van der Waals surface area contributed by atoms with Crippen LogP contribution in [0.1, 0.15) is 16.7 Å². The Morgan fingerprint density at radius 1 is 1.21 bits per heavy atom. The lowest BCUT2D eigenvalue weighted by Gasteiger charge is -2.08. The fourth-order valence-electron chi connectivity index (χ4n) is 2.51. The molecule has 2 aromatic carbocycles. The number of nitrogens with zero attached hydrogens (tertiary/aromatic N) is 2. The number of nitrogens with one attached hydrogen (secondary N) is 1. The molecule has 24 heavy (non-hydrogen) atoms. The highest BCUT2D eigenvalue weighted by Gasteiger charge is 2.09. The monoisotopic (exact) mass is 338 g/mol. The Morgan fingerprint density at radius 3 is 2.54 bits per heavy atom. The van der Waals surface area contributed by atoms with E-state index in [1.807, 2.05) is 10.6 Å². The molecule has 0 unspecified atom stereocenters. The van der Waals surface area contributed by atoms with E-state index in [-0.39, 0.29) is 12.5 Å². The first-order valence-corrected chi connectivity index (χ1v) is 7.96. The van der Waals surface area contributed by atoms with Crippen LogP contribution >= 0.6 is 12.2 Å². The molecule has 0 aliphatic rings. The maximum absolute atomic E-state index is 12.3. The van der Waals surface area contributed by atoms with Gasteiger partial charge < -0.3 is 15.6 Å². The van der Waals surface area contributed by atoms with Gasteiger partial charge in [0.05, 0.1) is 17.4 Å². The number of hydrogen-bond acceptors (Lipinski definition) is 3. The molecule has 1 aromatic heterocycles. The van der Waals surface area contributed by atoms with Crippen molar-refractivity contribution in [2.45, 2.75) is 20.4 Å². The summed E-state index contributed by atoms with van der Waals surface area (Å²) in [5.74, 6) is -0.115. The Bertz CT molecular complexity index is 928. The first-order chi connectivity index (χ1) is 11.4. The van der Waals surface area contributed by atoms with E-state index >= 15 is 0 Å². The van der Waals surface area contributed by atoms with Gasteiger partial charge in [0.2, 0.25) is 5.91 Å². The van der Waals surface area contributed by atoms with Crippen molar-refractivity contribution in [3.8, 4) is 0 Å². The van der Waals surface area contributed by atoms with Crippen LogP contribution in [-0.2, 0) is 11.3 Å². The summed E-state index contributed by atoms with van der Waals surface area (Å²) in [5.41, 5.74) is 11.3. The number of carbonyl (C=O) groups excluding carboxylic acids is 1. The van der Waals surface area contributed by atoms with Gasteiger partial charge in [0.1, 0.15) is 11.5 Å². The fraction of sp³-hybridized carbons (Fsp3) is 0.167. The SMILES string of the molecule is Cc1cc2ncn(CC(=O)Nc3ccc(C(N)=S)cc3)c2cc1C. The number of aromatic nitrogens is 2. The third-order valence-electron chi connectivity index (χ3n) is 4.00. The standard InChI is InChI=1S/C18H18N4OS/c1-11-7-15-16(8-12(11)2)22(10-20-15)9-17(23)21-14-5-3-13(4-6-14)18(19)24/h3-8,10H,9H2,1-2H3,(H2,19,24)(H,21,23). The minimum absolute atomic E-state index is 0.115. The van der Waals surface area contributed by atoms with E-state index < -0.39 is 0 Å². The van der Waals surface area contributed by atoms with E-state index in [0.717, 1.165) is 16.6 Å².